The lowest BCUT2D eigenvalue weighted by molar-refractivity contribution is -0.124. The summed E-state index contributed by atoms with van der Waals surface area (Å²) >= 11 is 9.19. The Balaban J connectivity index is 1.73. The fourth-order valence-corrected chi connectivity index (χ4v) is 2.45. The fraction of sp³-hybridized carbons (Fsp3) is 0.118. The van der Waals surface area contributed by atoms with Gasteiger partial charge in [0.15, 0.2) is 0 Å². The minimum Gasteiger partial charge on any atom is -0.326 e. The molecule has 0 aliphatic heterocycles. The van der Waals surface area contributed by atoms with E-state index < -0.39 is 0 Å². The maximum Gasteiger partial charge on any atom is 0.240 e. The van der Waals surface area contributed by atoms with E-state index in [-0.39, 0.29) is 24.7 Å². The molecule has 0 heterocycles. The first-order valence-corrected chi connectivity index (χ1v) is 8.33. The molecule has 24 heavy (non-hydrogen) atoms. The van der Waals surface area contributed by atoms with E-state index in [0.717, 1.165) is 10.0 Å². The van der Waals surface area contributed by atoms with Gasteiger partial charge in [-0.3, -0.25) is 9.59 Å². The van der Waals surface area contributed by atoms with E-state index in [0.29, 0.717) is 10.7 Å². The van der Waals surface area contributed by atoms with Crippen LogP contribution in [0.2, 0.25) is 5.02 Å². The van der Waals surface area contributed by atoms with Crippen molar-refractivity contribution in [2.45, 2.75) is 12.8 Å². The highest BCUT2D eigenvalue weighted by molar-refractivity contribution is 9.10. The predicted molar refractivity (Wildman–Crippen MR) is 99.2 cm³/mol. The molecule has 7 heteroatoms. The van der Waals surface area contributed by atoms with Gasteiger partial charge in [0, 0.05) is 28.0 Å². The minimum atomic E-state index is -0.331. The van der Waals surface area contributed by atoms with E-state index in [1.165, 1.54) is 6.21 Å². The minimum absolute atomic E-state index is 0.0439. The third-order valence-corrected chi connectivity index (χ3v) is 3.67. The van der Waals surface area contributed by atoms with Gasteiger partial charge in [-0.05, 0) is 35.9 Å². The zero-order chi connectivity index (χ0) is 17.4. The van der Waals surface area contributed by atoms with Crippen LogP contribution >= 0.6 is 27.5 Å². The molecule has 2 rings (SSSR count). The number of benzene rings is 2. The van der Waals surface area contributed by atoms with Crippen molar-refractivity contribution in [1.82, 2.24) is 5.43 Å². The van der Waals surface area contributed by atoms with Gasteiger partial charge in [-0.2, -0.15) is 5.10 Å². The molecule has 2 N–H and O–H groups in total. The molecule has 0 radical (unpaired) electrons. The number of hydrogen-bond donors (Lipinski definition) is 2. The fourth-order valence-electron chi connectivity index (χ4n) is 1.84. The van der Waals surface area contributed by atoms with E-state index in [4.69, 9.17) is 11.6 Å². The van der Waals surface area contributed by atoms with Gasteiger partial charge in [-0.1, -0.05) is 45.7 Å². The normalized spacial score (nSPS) is 10.6. The second-order valence-electron chi connectivity index (χ2n) is 4.91. The number of nitrogens with zero attached hydrogens (tertiary/aromatic N) is 1. The van der Waals surface area contributed by atoms with Gasteiger partial charge in [0.05, 0.1) is 6.21 Å². The van der Waals surface area contributed by atoms with Gasteiger partial charge in [0.1, 0.15) is 0 Å². The van der Waals surface area contributed by atoms with Gasteiger partial charge in [-0.15, -0.1) is 0 Å². The molecule has 0 bridgehead atoms. The van der Waals surface area contributed by atoms with Gasteiger partial charge in [0.25, 0.3) is 0 Å². The largest absolute Gasteiger partial charge is 0.326 e. The summed E-state index contributed by atoms with van der Waals surface area (Å²) in [5, 5.41) is 7.08. The lowest BCUT2D eigenvalue weighted by Gasteiger charge is -2.05. The Morgan fingerprint density at radius 1 is 1.08 bits per heavy atom. The summed E-state index contributed by atoms with van der Waals surface area (Å²) < 4.78 is 0.926. The molecular weight excluding hydrogens is 394 g/mol. The van der Waals surface area contributed by atoms with Crippen LogP contribution in [0.1, 0.15) is 18.4 Å². The maximum absolute atomic E-state index is 11.8. The number of anilines is 1. The van der Waals surface area contributed by atoms with Crippen LogP contribution in [-0.2, 0) is 9.59 Å². The van der Waals surface area contributed by atoms with E-state index in [1.807, 2.05) is 24.3 Å². The van der Waals surface area contributed by atoms with Crippen molar-refractivity contribution in [3.63, 3.8) is 0 Å². The van der Waals surface area contributed by atoms with E-state index >= 15 is 0 Å². The van der Waals surface area contributed by atoms with Crippen LogP contribution in [0.15, 0.2) is 58.1 Å². The van der Waals surface area contributed by atoms with Gasteiger partial charge in [0.2, 0.25) is 11.8 Å². The Kier molecular flexibility index (Phi) is 6.96. The summed E-state index contributed by atoms with van der Waals surface area (Å²) in [5.41, 5.74) is 3.84. The van der Waals surface area contributed by atoms with Gasteiger partial charge >= 0.3 is 0 Å². The van der Waals surface area contributed by atoms with Crippen LogP contribution < -0.4 is 10.7 Å². The standard InChI is InChI=1S/C17H15BrClN3O2/c18-13-4-1-3-12(9-13)11-20-22-17(24)8-7-16(23)21-15-6-2-5-14(19)10-15/h1-6,9-11H,7-8H2,(H,21,23)(H,22,24). The number of carbonyl (C=O) groups is 2. The van der Waals surface area contributed by atoms with Crippen LogP contribution in [0.5, 0.6) is 0 Å². The average Bonchev–Trinajstić information content (AvgIpc) is 2.53. The van der Waals surface area contributed by atoms with Crippen molar-refractivity contribution in [3.05, 3.63) is 63.6 Å². The molecule has 0 unspecified atom stereocenters. The van der Waals surface area contributed by atoms with Crippen LogP contribution in [0, 0.1) is 0 Å². The summed E-state index contributed by atoms with van der Waals surface area (Å²) in [6.07, 6.45) is 1.64. The van der Waals surface area contributed by atoms with Crippen molar-refractivity contribution in [2.75, 3.05) is 5.32 Å². The molecule has 2 amide bonds. The SMILES string of the molecule is O=C(CCC(=O)Nc1cccc(Cl)c1)NN=Cc1cccc(Br)c1. The third-order valence-electron chi connectivity index (χ3n) is 2.94. The smallest absolute Gasteiger partial charge is 0.240 e. The molecule has 0 aliphatic rings. The second kappa shape index (κ2) is 9.20. The first-order valence-electron chi connectivity index (χ1n) is 7.16. The van der Waals surface area contributed by atoms with Crippen molar-refractivity contribution in [1.29, 1.82) is 0 Å². The van der Waals surface area contributed by atoms with Gasteiger partial charge < -0.3 is 5.32 Å². The van der Waals surface area contributed by atoms with Crippen LogP contribution in [0.25, 0.3) is 0 Å². The zero-order valence-corrected chi connectivity index (χ0v) is 15.0. The summed E-state index contributed by atoms with van der Waals surface area (Å²) in [4.78, 5) is 23.5. The average molecular weight is 409 g/mol. The van der Waals surface area contributed by atoms with Crippen molar-refractivity contribution in [2.24, 2.45) is 5.10 Å². The first kappa shape index (κ1) is 18.2. The lowest BCUT2D eigenvalue weighted by atomic mass is 10.2. The molecule has 0 spiro atoms. The highest BCUT2D eigenvalue weighted by Gasteiger charge is 2.07. The Labute approximate surface area is 153 Å². The third kappa shape index (κ3) is 6.52. The summed E-state index contributed by atoms with van der Waals surface area (Å²) in [7, 11) is 0. The number of amides is 2. The molecule has 0 fully saturated rings. The predicted octanol–water partition coefficient (Wildman–Crippen LogP) is 3.97. The molecule has 0 aliphatic carbocycles. The number of hydrogen-bond acceptors (Lipinski definition) is 3. The Morgan fingerprint density at radius 3 is 2.58 bits per heavy atom. The number of rotatable bonds is 6. The molecule has 5 nitrogen and oxygen atoms in total. The highest BCUT2D eigenvalue weighted by atomic mass is 79.9. The van der Waals surface area contributed by atoms with E-state index in [9.17, 15) is 9.59 Å². The molecule has 2 aromatic rings. The molecule has 0 aromatic heterocycles. The zero-order valence-electron chi connectivity index (χ0n) is 12.6. The van der Waals surface area contributed by atoms with Crippen molar-refractivity contribution >= 4 is 51.2 Å². The lowest BCUT2D eigenvalue weighted by Crippen LogP contribution is -2.20. The Hall–Kier alpha value is -2.18. The Morgan fingerprint density at radius 2 is 1.83 bits per heavy atom. The maximum atomic E-state index is 11.8. The molecular formula is C17H15BrClN3O2. The number of nitrogens with one attached hydrogen (secondary N) is 2. The first-order chi connectivity index (χ1) is 11.5. The highest BCUT2D eigenvalue weighted by Crippen LogP contribution is 2.15. The van der Waals surface area contributed by atoms with Crippen LogP contribution in [0.4, 0.5) is 5.69 Å². The quantitative estimate of drug-likeness (QED) is 0.561. The molecule has 2 aromatic carbocycles. The van der Waals surface area contributed by atoms with Crippen molar-refractivity contribution < 1.29 is 9.59 Å². The topological polar surface area (TPSA) is 70.6 Å². The van der Waals surface area contributed by atoms with Crippen LogP contribution in [0.3, 0.4) is 0 Å². The Bertz CT molecular complexity index is 765. The second-order valence-corrected chi connectivity index (χ2v) is 6.26. The number of hydrazone groups is 1. The molecule has 0 atom stereocenters. The molecule has 0 saturated heterocycles. The summed E-state index contributed by atoms with van der Waals surface area (Å²) in [5.74, 6) is -0.592. The van der Waals surface area contributed by atoms with Crippen LogP contribution in [-0.4, -0.2) is 18.0 Å². The number of carbonyl (C=O) groups excluding carboxylic acids is 2. The van der Waals surface area contributed by atoms with Crippen molar-refractivity contribution in [3.8, 4) is 0 Å². The summed E-state index contributed by atoms with van der Waals surface area (Å²) in [6.45, 7) is 0. The van der Waals surface area contributed by atoms with E-state index in [2.05, 4.69) is 31.8 Å². The number of halogens is 2. The van der Waals surface area contributed by atoms with E-state index in [1.54, 1.807) is 24.3 Å². The summed E-state index contributed by atoms with van der Waals surface area (Å²) in [6, 6.07) is 14.3. The monoisotopic (exact) mass is 407 g/mol. The molecule has 124 valence electrons. The molecule has 0 saturated carbocycles. The van der Waals surface area contributed by atoms with Gasteiger partial charge in [-0.25, -0.2) is 5.43 Å².